The van der Waals surface area contributed by atoms with Gasteiger partial charge >= 0.3 is 0 Å². The molecule has 1 aliphatic carbocycles. The molecule has 1 unspecified atom stereocenters. The van der Waals surface area contributed by atoms with E-state index in [4.69, 9.17) is 5.26 Å². The topological polar surface area (TPSA) is 35.8 Å². The van der Waals surface area contributed by atoms with Crippen molar-refractivity contribution in [3.8, 4) is 6.07 Å². The van der Waals surface area contributed by atoms with Crippen LogP contribution in [0.15, 0.2) is 24.3 Å². The summed E-state index contributed by atoms with van der Waals surface area (Å²) in [6.45, 7) is 5.59. The first-order valence-electron chi connectivity index (χ1n) is 6.92. The molecule has 0 amide bonds. The van der Waals surface area contributed by atoms with Crippen molar-refractivity contribution in [3.05, 3.63) is 35.4 Å². The van der Waals surface area contributed by atoms with E-state index in [1.165, 1.54) is 31.2 Å². The number of benzene rings is 1. The highest BCUT2D eigenvalue weighted by Crippen LogP contribution is 2.49. The van der Waals surface area contributed by atoms with Gasteiger partial charge in [-0.15, -0.1) is 0 Å². The van der Waals surface area contributed by atoms with Gasteiger partial charge in [0.2, 0.25) is 0 Å². The first kappa shape index (κ1) is 13.1. The maximum atomic E-state index is 8.78. The third kappa shape index (κ3) is 3.11. The lowest BCUT2D eigenvalue weighted by atomic mass is 9.99. The van der Waals surface area contributed by atoms with Crippen molar-refractivity contribution in [2.75, 3.05) is 6.54 Å². The van der Waals surface area contributed by atoms with E-state index >= 15 is 0 Å². The summed E-state index contributed by atoms with van der Waals surface area (Å²) in [6.07, 6.45) is 5.40. The van der Waals surface area contributed by atoms with Gasteiger partial charge in [0.05, 0.1) is 11.6 Å². The van der Waals surface area contributed by atoms with Crippen LogP contribution in [0.25, 0.3) is 0 Å². The Kier molecular flexibility index (Phi) is 4.04. The number of nitrogens with one attached hydrogen (secondary N) is 1. The van der Waals surface area contributed by atoms with Crippen molar-refractivity contribution in [1.82, 2.24) is 5.32 Å². The third-order valence-electron chi connectivity index (χ3n) is 4.06. The summed E-state index contributed by atoms with van der Waals surface area (Å²) >= 11 is 0. The summed E-state index contributed by atoms with van der Waals surface area (Å²) in [5, 5.41) is 12.4. The molecule has 1 aromatic rings. The van der Waals surface area contributed by atoms with Crippen LogP contribution in [0.4, 0.5) is 0 Å². The molecule has 1 aromatic carbocycles. The molecule has 0 aliphatic heterocycles. The second kappa shape index (κ2) is 5.54. The van der Waals surface area contributed by atoms with Crippen LogP contribution >= 0.6 is 0 Å². The normalized spacial score (nSPS) is 18.1. The minimum absolute atomic E-state index is 0.368. The van der Waals surface area contributed by atoms with Crippen LogP contribution in [0.1, 0.15) is 56.7 Å². The Morgan fingerprint density at radius 2 is 2.00 bits per heavy atom. The molecule has 0 heterocycles. The Hall–Kier alpha value is -1.33. The molecule has 1 fully saturated rings. The zero-order valence-electron chi connectivity index (χ0n) is 11.4. The Labute approximate surface area is 110 Å². The van der Waals surface area contributed by atoms with Crippen molar-refractivity contribution in [3.63, 3.8) is 0 Å². The van der Waals surface area contributed by atoms with Crippen molar-refractivity contribution < 1.29 is 0 Å². The zero-order valence-corrected chi connectivity index (χ0v) is 11.4. The summed E-state index contributed by atoms with van der Waals surface area (Å²) in [7, 11) is 0. The van der Waals surface area contributed by atoms with Gasteiger partial charge < -0.3 is 5.32 Å². The standard InChI is InChI=1S/C16H22N2/c1-3-8-16(9-10-16)12-18-13(2)15-6-4-14(11-17)5-7-15/h4-7,13,18H,3,8-10,12H2,1-2H3. The number of nitriles is 1. The molecule has 2 rings (SSSR count). The van der Waals surface area contributed by atoms with Gasteiger partial charge in [0, 0.05) is 12.6 Å². The maximum absolute atomic E-state index is 8.78. The van der Waals surface area contributed by atoms with E-state index in [1.54, 1.807) is 0 Å². The molecule has 0 radical (unpaired) electrons. The molecule has 0 spiro atoms. The summed E-state index contributed by atoms with van der Waals surface area (Å²) in [5.41, 5.74) is 2.59. The quantitative estimate of drug-likeness (QED) is 0.823. The second-order valence-electron chi connectivity index (χ2n) is 5.59. The minimum Gasteiger partial charge on any atom is -0.310 e. The molecule has 1 atom stereocenters. The molecule has 18 heavy (non-hydrogen) atoms. The van der Waals surface area contributed by atoms with E-state index in [9.17, 15) is 0 Å². The molecule has 0 saturated heterocycles. The second-order valence-corrected chi connectivity index (χ2v) is 5.59. The molecule has 2 heteroatoms. The number of rotatable bonds is 6. The Balaban J connectivity index is 1.87. The first-order chi connectivity index (χ1) is 8.69. The van der Waals surface area contributed by atoms with Crippen molar-refractivity contribution in [2.24, 2.45) is 5.41 Å². The SMILES string of the molecule is CCCC1(CNC(C)c2ccc(C#N)cc2)CC1. The summed E-state index contributed by atoms with van der Waals surface area (Å²) in [6, 6.07) is 10.4. The van der Waals surface area contributed by atoms with Gasteiger partial charge in [-0.2, -0.15) is 5.26 Å². The molecule has 1 aliphatic rings. The van der Waals surface area contributed by atoms with Gasteiger partial charge in [-0.25, -0.2) is 0 Å². The highest BCUT2D eigenvalue weighted by atomic mass is 14.9. The van der Waals surface area contributed by atoms with Crippen LogP contribution in [0, 0.1) is 16.7 Å². The van der Waals surface area contributed by atoms with E-state index in [2.05, 4.69) is 37.4 Å². The number of hydrogen-bond donors (Lipinski definition) is 1. The van der Waals surface area contributed by atoms with E-state index in [1.807, 2.05) is 12.1 Å². The molecule has 96 valence electrons. The van der Waals surface area contributed by atoms with Gasteiger partial charge in [-0.3, -0.25) is 0 Å². The van der Waals surface area contributed by atoms with Crippen LogP contribution in [0.2, 0.25) is 0 Å². The van der Waals surface area contributed by atoms with Crippen molar-refractivity contribution in [2.45, 2.75) is 45.6 Å². The zero-order chi connectivity index (χ0) is 13.0. The minimum atomic E-state index is 0.368. The fraction of sp³-hybridized carbons (Fsp3) is 0.562. The van der Waals surface area contributed by atoms with Crippen LogP contribution in [0.5, 0.6) is 0 Å². The largest absolute Gasteiger partial charge is 0.310 e. The average Bonchev–Trinajstić information content (AvgIpc) is 3.17. The van der Waals surface area contributed by atoms with Gasteiger partial charge in [-0.1, -0.05) is 25.5 Å². The molecular formula is C16H22N2. The predicted octanol–water partition coefficient (Wildman–Crippen LogP) is 3.79. The molecule has 0 bridgehead atoms. The van der Waals surface area contributed by atoms with Gasteiger partial charge in [0.15, 0.2) is 0 Å². The van der Waals surface area contributed by atoms with E-state index in [-0.39, 0.29) is 0 Å². The average molecular weight is 242 g/mol. The monoisotopic (exact) mass is 242 g/mol. The first-order valence-corrected chi connectivity index (χ1v) is 6.92. The fourth-order valence-corrected chi connectivity index (χ4v) is 2.56. The van der Waals surface area contributed by atoms with E-state index < -0.39 is 0 Å². The van der Waals surface area contributed by atoms with Crippen LogP contribution in [-0.4, -0.2) is 6.54 Å². The highest BCUT2D eigenvalue weighted by molar-refractivity contribution is 5.32. The molecule has 0 aromatic heterocycles. The lowest BCUT2D eigenvalue weighted by Crippen LogP contribution is -2.26. The molecule has 1 N–H and O–H groups in total. The third-order valence-corrected chi connectivity index (χ3v) is 4.06. The smallest absolute Gasteiger partial charge is 0.0991 e. The Bertz CT molecular complexity index is 423. The van der Waals surface area contributed by atoms with E-state index in [0.29, 0.717) is 11.5 Å². The maximum Gasteiger partial charge on any atom is 0.0991 e. The molecular weight excluding hydrogens is 220 g/mol. The fourth-order valence-electron chi connectivity index (χ4n) is 2.56. The summed E-state index contributed by atoms with van der Waals surface area (Å²) in [4.78, 5) is 0. The van der Waals surface area contributed by atoms with Gasteiger partial charge in [-0.05, 0) is 49.3 Å². The predicted molar refractivity (Wildman–Crippen MR) is 74.1 cm³/mol. The van der Waals surface area contributed by atoms with Crippen LogP contribution in [-0.2, 0) is 0 Å². The Morgan fingerprint density at radius 3 is 2.50 bits per heavy atom. The molecule has 1 saturated carbocycles. The lowest BCUT2D eigenvalue weighted by molar-refractivity contribution is 0.397. The number of hydrogen-bond acceptors (Lipinski definition) is 2. The van der Waals surface area contributed by atoms with Crippen molar-refractivity contribution in [1.29, 1.82) is 5.26 Å². The number of nitrogens with zero attached hydrogens (tertiary/aromatic N) is 1. The Morgan fingerprint density at radius 1 is 1.33 bits per heavy atom. The van der Waals surface area contributed by atoms with E-state index in [0.717, 1.165) is 12.1 Å². The van der Waals surface area contributed by atoms with Crippen molar-refractivity contribution >= 4 is 0 Å². The summed E-state index contributed by atoms with van der Waals surface area (Å²) < 4.78 is 0. The lowest BCUT2D eigenvalue weighted by Gasteiger charge is -2.20. The summed E-state index contributed by atoms with van der Waals surface area (Å²) in [5.74, 6) is 0. The van der Waals surface area contributed by atoms with Gasteiger partial charge in [0.1, 0.15) is 0 Å². The van der Waals surface area contributed by atoms with Crippen LogP contribution < -0.4 is 5.32 Å². The molecule has 2 nitrogen and oxygen atoms in total. The van der Waals surface area contributed by atoms with Crippen LogP contribution in [0.3, 0.4) is 0 Å². The van der Waals surface area contributed by atoms with Gasteiger partial charge in [0.25, 0.3) is 0 Å². The highest BCUT2D eigenvalue weighted by Gasteiger charge is 2.41.